The van der Waals surface area contributed by atoms with Crippen LogP contribution in [-0.2, 0) is 20.9 Å². The van der Waals surface area contributed by atoms with Gasteiger partial charge in [0.05, 0.1) is 19.9 Å². The van der Waals surface area contributed by atoms with Gasteiger partial charge in [0.1, 0.15) is 6.04 Å². The summed E-state index contributed by atoms with van der Waals surface area (Å²) in [4.78, 5) is 33.5. The van der Waals surface area contributed by atoms with Gasteiger partial charge in [-0.1, -0.05) is 5.21 Å². The monoisotopic (exact) mass is 299 g/mol. The predicted octanol–water partition coefficient (Wildman–Crippen LogP) is -1.02. The van der Waals surface area contributed by atoms with E-state index in [1.807, 2.05) is 0 Å². The lowest BCUT2D eigenvalue weighted by Gasteiger charge is -2.14. The quantitative estimate of drug-likeness (QED) is 0.523. The van der Waals surface area contributed by atoms with Gasteiger partial charge >= 0.3 is 18.0 Å². The largest absolute Gasteiger partial charge is 0.480 e. The van der Waals surface area contributed by atoms with Crippen LogP contribution >= 0.6 is 0 Å². The highest BCUT2D eigenvalue weighted by atomic mass is 16.5. The number of aromatic nitrogens is 3. The maximum atomic E-state index is 11.6. The van der Waals surface area contributed by atoms with Gasteiger partial charge in [-0.2, -0.15) is 0 Å². The smallest absolute Gasteiger partial charge is 0.326 e. The van der Waals surface area contributed by atoms with E-state index < -0.39 is 24.0 Å². The van der Waals surface area contributed by atoms with E-state index in [2.05, 4.69) is 25.7 Å². The lowest BCUT2D eigenvalue weighted by atomic mass is 10.1. The number of nitrogens with zero attached hydrogens (tertiary/aromatic N) is 3. The molecule has 1 aromatic rings. The summed E-state index contributed by atoms with van der Waals surface area (Å²) in [7, 11) is 1.21. The topological polar surface area (TPSA) is 135 Å². The van der Waals surface area contributed by atoms with E-state index >= 15 is 0 Å². The average molecular weight is 299 g/mol. The second-order valence-electron chi connectivity index (χ2n) is 4.07. The van der Waals surface area contributed by atoms with Crippen LogP contribution in [-0.4, -0.2) is 57.8 Å². The molecule has 1 heterocycles. The van der Waals surface area contributed by atoms with E-state index in [-0.39, 0.29) is 19.4 Å². The van der Waals surface area contributed by atoms with Gasteiger partial charge in [-0.25, -0.2) is 9.59 Å². The Hall–Kier alpha value is -2.65. The SMILES string of the molecule is COC(=O)CC[C@@H](NC(=O)NCCn1ccnn1)C(=O)O. The van der Waals surface area contributed by atoms with Gasteiger partial charge in [-0.05, 0) is 6.42 Å². The summed E-state index contributed by atoms with van der Waals surface area (Å²) in [6.07, 6.45) is 3.01. The predicted molar refractivity (Wildman–Crippen MR) is 69.2 cm³/mol. The summed E-state index contributed by atoms with van der Waals surface area (Å²) in [5.41, 5.74) is 0. The van der Waals surface area contributed by atoms with Crippen LogP contribution in [0.25, 0.3) is 0 Å². The van der Waals surface area contributed by atoms with Gasteiger partial charge in [0.15, 0.2) is 0 Å². The Kier molecular flexibility index (Phi) is 6.65. The van der Waals surface area contributed by atoms with Gasteiger partial charge < -0.3 is 20.5 Å². The number of methoxy groups -OCH3 is 1. The molecule has 0 radical (unpaired) electrons. The first-order valence-electron chi connectivity index (χ1n) is 6.21. The number of aliphatic carboxylic acids is 1. The van der Waals surface area contributed by atoms with Crippen LogP contribution < -0.4 is 10.6 Å². The molecule has 0 fully saturated rings. The van der Waals surface area contributed by atoms with Crippen molar-refractivity contribution in [2.24, 2.45) is 0 Å². The third-order valence-electron chi connectivity index (χ3n) is 2.57. The molecule has 0 aliphatic rings. The van der Waals surface area contributed by atoms with Crippen LogP contribution in [0, 0.1) is 0 Å². The molecule has 1 atom stereocenters. The number of carboxylic acid groups (broad SMARTS) is 1. The van der Waals surface area contributed by atoms with E-state index in [0.29, 0.717) is 6.54 Å². The number of carbonyl (C=O) groups excluding carboxylic acids is 2. The Bertz CT molecular complexity index is 475. The number of nitrogens with one attached hydrogen (secondary N) is 2. The van der Waals surface area contributed by atoms with Crippen molar-refractivity contribution < 1.29 is 24.2 Å². The number of ether oxygens (including phenoxy) is 1. The Morgan fingerprint density at radius 1 is 1.43 bits per heavy atom. The maximum absolute atomic E-state index is 11.6. The zero-order valence-electron chi connectivity index (χ0n) is 11.5. The summed E-state index contributed by atoms with van der Waals surface area (Å²) in [5.74, 6) is -1.75. The molecule has 116 valence electrons. The highest BCUT2D eigenvalue weighted by molar-refractivity contribution is 5.83. The number of esters is 1. The molecule has 0 unspecified atom stereocenters. The molecule has 0 saturated carbocycles. The van der Waals surface area contributed by atoms with Crippen molar-refractivity contribution in [2.45, 2.75) is 25.4 Å². The summed E-state index contributed by atoms with van der Waals surface area (Å²) < 4.78 is 5.94. The van der Waals surface area contributed by atoms with Crippen molar-refractivity contribution >= 4 is 18.0 Å². The molecule has 1 rings (SSSR count). The van der Waals surface area contributed by atoms with Gasteiger partial charge in [-0.15, -0.1) is 5.10 Å². The highest BCUT2D eigenvalue weighted by Crippen LogP contribution is 1.99. The first kappa shape index (κ1) is 16.4. The van der Waals surface area contributed by atoms with E-state index in [9.17, 15) is 14.4 Å². The maximum Gasteiger partial charge on any atom is 0.326 e. The number of rotatable bonds is 8. The molecule has 3 N–H and O–H groups in total. The molecule has 0 aliphatic carbocycles. The normalized spacial score (nSPS) is 11.5. The molecule has 21 heavy (non-hydrogen) atoms. The molecule has 1 aromatic heterocycles. The minimum atomic E-state index is -1.22. The number of urea groups is 1. The number of carboxylic acids is 1. The fourth-order valence-corrected chi connectivity index (χ4v) is 1.47. The highest BCUT2D eigenvalue weighted by Gasteiger charge is 2.20. The van der Waals surface area contributed by atoms with Crippen LogP contribution in [0.3, 0.4) is 0 Å². The van der Waals surface area contributed by atoms with E-state index in [0.717, 1.165) is 0 Å². The van der Waals surface area contributed by atoms with Crippen molar-refractivity contribution in [3.8, 4) is 0 Å². The van der Waals surface area contributed by atoms with E-state index in [1.165, 1.54) is 18.0 Å². The van der Waals surface area contributed by atoms with Crippen molar-refractivity contribution in [3.05, 3.63) is 12.4 Å². The Morgan fingerprint density at radius 3 is 2.76 bits per heavy atom. The summed E-state index contributed by atoms with van der Waals surface area (Å²) in [6, 6.07) is -1.79. The zero-order valence-corrected chi connectivity index (χ0v) is 11.5. The standard InChI is InChI=1S/C11H17N5O5/c1-21-9(17)3-2-8(10(18)19)14-11(20)12-4-6-16-7-5-13-15-16/h5,7-8H,2-4,6H2,1H3,(H,18,19)(H2,12,14,20)/t8-/m1/s1. The van der Waals surface area contributed by atoms with Gasteiger partial charge in [0.25, 0.3) is 0 Å². The van der Waals surface area contributed by atoms with Gasteiger partial charge in [0, 0.05) is 19.2 Å². The fourth-order valence-electron chi connectivity index (χ4n) is 1.47. The second kappa shape index (κ2) is 8.51. The molecule has 0 bridgehead atoms. The van der Waals surface area contributed by atoms with Gasteiger partial charge in [0.2, 0.25) is 0 Å². The summed E-state index contributed by atoms with van der Waals surface area (Å²) >= 11 is 0. The molecule has 10 heteroatoms. The molecule has 10 nitrogen and oxygen atoms in total. The molecule has 0 saturated heterocycles. The first-order valence-corrected chi connectivity index (χ1v) is 6.21. The lowest BCUT2D eigenvalue weighted by Crippen LogP contribution is -2.46. The molecule has 0 spiro atoms. The number of carbonyl (C=O) groups is 3. The second-order valence-corrected chi connectivity index (χ2v) is 4.07. The zero-order chi connectivity index (χ0) is 15.7. The third-order valence-corrected chi connectivity index (χ3v) is 2.57. The van der Waals surface area contributed by atoms with Crippen molar-refractivity contribution in [1.29, 1.82) is 0 Å². The van der Waals surface area contributed by atoms with Gasteiger partial charge in [-0.3, -0.25) is 9.48 Å². The van der Waals surface area contributed by atoms with Crippen LogP contribution in [0.1, 0.15) is 12.8 Å². The molecular weight excluding hydrogens is 282 g/mol. The molecule has 2 amide bonds. The minimum absolute atomic E-state index is 0.0432. The number of amides is 2. The minimum Gasteiger partial charge on any atom is -0.480 e. The molecular formula is C11H17N5O5. The first-order chi connectivity index (χ1) is 10.0. The Labute approximate surface area is 120 Å². The van der Waals surface area contributed by atoms with Crippen LogP contribution in [0.15, 0.2) is 12.4 Å². The van der Waals surface area contributed by atoms with Crippen molar-refractivity contribution in [1.82, 2.24) is 25.6 Å². The van der Waals surface area contributed by atoms with Crippen LogP contribution in [0.2, 0.25) is 0 Å². The number of hydrogen-bond donors (Lipinski definition) is 3. The van der Waals surface area contributed by atoms with Crippen molar-refractivity contribution in [3.63, 3.8) is 0 Å². The Morgan fingerprint density at radius 2 is 2.19 bits per heavy atom. The lowest BCUT2D eigenvalue weighted by molar-refractivity contribution is -0.142. The van der Waals surface area contributed by atoms with Crippen LogP contribution in [0.4, 0.5) is 4.79 Å². The fraction of sp³-hybridized carbons (Fsp3) is 0.545. The number of hydrogen-bond acceptors (Lipinski definition) is 6. The van der Waals surface area contributed by atoms with E-state index in [4.69, 9.17) is 5.11 Å². The molecule has 0 aliphatic heterocycles. The summed E-state index contributed by atoms with van der Waals surface area (Å²) in [5, 5.41) is 21.0. The average Bonchev–Trinajstić information content (AvgIpc) is 2.95. The Balaban J connectivity index is 2.31. The summed E-state index contributed by atoms with van der Waals surface area (Å²) in [6.45, 7) is 0.672. The third kappa shape index (κ3) is 6.36. The van der Waals surface area contributed by atoms with E-state index in [1.54, 1.807) is 6.20 Å². The van der Waals surface area contributed by atoms with Crippen LogP contribution in [0.5, 0.6) is 0 Å². The molecule has 0 aromatic carbocycles. The van der Waals surface area contributed by atoms with Crippen molar-refractivity contribution in [2.75, 3.05) is 13.7 Å².